The fourth-order valence-corrected chi connectivity index (χ4v) is 2.47. The Morgan fingerprint density at radius 2 is 2.10 bits per heavy atom. The van der Waals surface area contributed by atoms with Crippen molar-refractivity contribution in [3.8, 4) is 0 Å². The Balaban J connectivity index is 2.57. The summed E-state index contributed by atoms with van der Waals surface area (Å²) >= 11 is 9.46. The van der Waals surface area contributed by atoms with E-state index in [-0.39, 0.29) is 9.41 Å². The van der Waals surface area contributed by atoms with Gasteiger partial charge in [-0.15, -0.1) is 0 Å². The first-order valence-electron chi connectivity index (χ1n) is 5.49. The molecule has 1 aliphatic rings. The summed E-state index contributed by atoms with van der Waals surface area (Å²) in [5, 5.41) is 18.5. The van der Waals surface area contributed by atoms with Gasteiger partial charge >= 0.3 is 0 Å². The van der Waals surface area contributed by atoms with E-state index in [0.717, 1.165) is 17.7 Å². The number of hydrogen-bond donors (Lipinski definition) is 3. The van der Waals surface area contributed by atoms with Gasteiger partial charge in [0.2, 0.25) is 0 Å². The number of ether oxygens (including phenoxy) is 1. The number of nitrogens with zero attached hydrogens (tertiary/aromatic N) is 1. The fourth-order valence-electron chi connectivity index (χ4n) is 2.01. The molecule has 2 heterocycles. The quantitative estimate of drug-likeness (QED) is 0.721. The van der Waals surface area contributed by atoms with Crippen LogP contribution in [0, 0.1) is 15.2 Å². The van der Waals surface area contributed by atoms with Crippen molar-refractivity contribution in [3.05, 3.63) is 21.4 Å². The number of aliphatic hydroxyl groups excluding tert-OH is 2. The van der Waals surface area contributed by atoms with Gasteiger partial charge in [0.1, 0.15) is 11.2 Å². The van der Waals surface area contributed by atoms with Gasteiger partial charge in [-0.3, -0.25) is 4.57 Å². The predicted molar refractivity (Wildman–Crippen MR) is 67.0 cm³/mol. The van der Waals surface area contributed by atoms with Gasteiger partial charge in [0.25, 0.3) is 5.85 Å². The van der Waals surface area contributed by atoms with Crippen molar-refractivity contribution in [2.24, 2.45) is 0 Å². The molecule has 2 rings (SSSR count). The van der Waals surface area contributed by atoms with Crippen molar-refractivity contribution in [1.29, 1.82) is 0 Å². The summed E-state index contributed by atoms with van der Waals surface area (Å²) in [4.78, 5) is 2.29. The second kappa shape index (κ2) is 4.88. The van der Waals surface area contributed by atoms with Crippen LogP contribution in [0.4, 0.5) is 13.2 Å². The Bertz CT molecular complexity index is 647. The molecule has 0 saturated carbocycles. The Hall–Kier alpha value is -0.810. The van der Waals surface area contributed by atoms with E-state index in [4.69, 9.17) is 22.1 Å². The van der Waals surface area contributed by atoms with Crippen molar-refractivity contribution < 1.29 is 28.1 Å². The van der Waals surface area contributed by atoms with Crippen LogP contribution in [0.3, 0.4) is 0 Å². The topological polar surface area (TPSA) is 70.4 Å². The van der Waals surface area contributed by atoms with E-state index < -0.39 is 36.3 Å². The molecule has 1 unspecified atom stereocenters. The minimum absolute atomic E-state index is 0.209. The molecule has 1 fully saturated rings. The van der Waals surface area contributed by atoms with E-state index in [0.29, 0.717) is 0 Å². The van der Waals surface area contributed by atoms with Crippen LogP contribution in [0.5, 0.6) is 0 Å². The lowest BCUT2D eigenvalue weighted by molar-refractivity contribution is -0.207. The van der Waals surface area contributed by atoms with E-state index in [9.17, 15) is 18.3 Å². The van der Waals surface area contributed by atoms with Crippen molar-refractivity contribution >= 4 is 24.4 Å². The third-order valence-corrected chi connectivity index (χ3v) is 3.74. The van der Waals surface area contributed by atoms with Gasteiger partial charge in [0, 0.05) is 6.20 Å². The standard InChI is InChI=1S/C10H11F3N2O3S2/c1-9(12)6(17)10(13,3-16)18-7(9)15-2-4(11)5(19)14-8(15)20/h2,6-7,16-17H,3H2,1H3,(H,14,19,20)/t6-,7-,9?,10-/m1/s1. The van der Waals surface area contributed by atoms with E-state index in [2.05, 4.69) is 17.2 Å². The first-order chi connectivity index (χ1) is 9.13. The van der Waals surface area contributed by atoms with Crippen LogP contribution in [-0.4, -0.2) is 44.0 Å². The van der Waals surface area contributed by atoms with Crippen LogP contribution in [0.15, 0.2) is 6.20 Å². The van der Waals surface area contributed by atoms with Gasteiger partial charge in [-0.1, -0.05) is 12.2 Å². The van der Waals surface area contributed by atoms with Crippen LogP contribution >= 0.6 is 24.4 Å². The molecule has 0 radical (unpaired) electrons. The van der Waals surface area contributed by atoms with Gasteiger partial charge in [0.05, 0.1) is 0 Å². The molecule has 1 aromatic rings. The first-order valence-corrected chi connectivity index (χ1v) is 6.30. The zero-order valence-electron chi connectivity index (χ0n) is 10.1. The highest BCUT2D eigenvalue weighted by Gasteiger charge is 2.64. The van der Waals surface area contributed by atoms with E-state index >= 15 is 0 Å². The largest absolute Gasteiger partial charge is 0.390 e. The smallest absolute Gasteiger partial charge is 0.263 e. The van der Waals surface area contributed by atoms with Crippen LogP contribution < -0.4 is 0 Å². The summed E-state index contributed by atoms with van der Waals surface area (Å²) in [5.41, 5.74) is -2.64. The third-order valence-electron chi connectivity index (χ3n) is 3.13. The molecule has 4 atom stereocenters. The molecule has 5 nitrogen and oxygen atoms in total. The average molecular weight is 328 g/mol. The van der Waals surface area contributed by atoms with Gasteiger partial charge in [0.15, 0.2) is 28.6 Å². The highest BCUT2D eigenvalue weighted by molar-refractivity contribution is 7.72. The van der Waals surface area contributed by atoms with Crippen LogP contribution in [0.2, 0.25) is 0 Å². The SMILES string of the molecule is CC1(F)[C@@H](O)[C@@](F)(CO)O[C@H]1n1cc(F)c(=S)[nH]c1=S. The monoisotopic (exact) mass is 328 g/mol. The summed E-state index contributed by atoms with van der Waals surface area (Å²) in [6.45, 7) is -0.399. The fraction of sp³-hybridized carbons (Fsp3) is 0.600. The van der Waals surface area contributed by atoms with Gasteiger partial charge in [-0.2, -0.15) is 0 Å². The number of nitrogens with one attached hydrogen (secondary N) is 1. The molecule has 10 heteroatoms. The molecular formula is C10H11F3N2O3S2. The molecular weight excluding hydrogens is 317 g/mol. The molecule has 3 N–H and O–H groups in total. The maximum Gasteiger partial charge on any atom is 0.263 e. The van der Waals surface area contributed by atoms with Crippen molar-refractivity contribution in [2.75, 3.05) is 6.61 Å². The highest BCUT2D eigenvalue weighted by atomic mass is 32.1. The number of hydrogen-bond acceptors (Lipinski definition) is 5. The number of rotatable bonds is 2. The lowest BCUT2D eigenvalue weighted by Gasteiger charge is -2.25. The van der Waals surface area contributed by atoms with E-state index in [1.807, 2.05) is 0 Å². The number of alkyl halides is 2. The molecule has 1 aromatic heterocycles. The van der Waals surface area contributed by atoms with Crippen LogP contribution in [0.25, 0.3) is 0 Å². The maximum atomic E-state index is 14.5. The molecule has 1 aliphatic heterocycles. The van der Waals surface area contributed by atoms with Crippen molar-refractivity contribution in [3.63, 3.8) is 0 Å². The second-order valence-electron chi connectivity index (χ2n) is 4.61. The first kappa shape index (κ1) is 15.6. The molecule has 0 aliphatic carbocycles. The Morgan fingerprint density at radius 3 is 2.60 bits per heavy atom. The maximum absolute atomic E-state index is 14.5. The summed E-state index contributed by atoms with van der Waals surface area (Å²) in [5.74, 6) is -3.92. The van der Waals surface area contributed by atoms with Crippen LogP contribution in [-0.2, 0) is 4.74 Å². The number of halogens is 3. The molecule has 112 valence electrons. The van der Waals surface area contributed by atoms with Gasteiger partial charge < -0.3 is 19.9 Å². The Labute approximate surface area is 121 Å². The molecule has 0 aromatic carbocycles. The summed E-state index contributed by atoms with van der Waals surface area (Å²) < 4.78 is 47.0. The Kier molecular flexibility index (Phi) is 3.80. The third kappa shape index (κ3) is 2.21. The highest BCUT2D eigenvalue weighted by Crippen LogP contribution is 2.47. The number of aromatic amines is 1. The van der Waals surface area contributed by atoms with Crippen LogP contribution in [0.1, 0.15) is 13.2 Å². The Morgan fingerprint density at radius 1 is 1.50 bits per heavy atom. The minimum Gasteiger partial charge on any atom is -0.390 e. The zero-order chi connectivity index (χ0) is 15.3. The molecule has 20 heavy (non-hydrogen) atoms. The van der Waals surface area contributed by atoms with Crippen molar-refractivity contribution in [2.45, 2.75) is 30.8 Å². The van der Waals surface area contributed by atoms with E-state index in [1.165, 1.54) is 0 Å². The predicted octanol–water partition coefficient (Wildman–Crippen LogP) is 1.69. The summed E-state index contributed by atoms with van der Waals surface area (Å²) in [7, 11) is 0. The van der Waals surface area contributed by atoms with Gasteiger partial charge in [-0.05, 0) is 19.1 Å². The molecule has 0 amide bonds. The second-order valence-corrected chi connectivity index (χ2v) is 5.41. The van der Waals surface area contributed by atoms with Gasteiger partial charge in [-0.25, -0.2) is 13.2 Å². The lowest BCUT2D eigenvalue weighted by Crippen LogP contribution is -2.46. The molecule has 0 spiro atoms. The summed E-state index contributed by atoms with van der Waals surface area (Å²) in [6.07, 6.45) is -3.28. The summed E-state index contributed by atoms with van der Waals surface area (Å²) in [6, 6.07) is 0. The molecule has 1 saturated heterocycles. The lowest BCUT2D eigenvalue weighted by atomic mass is 9.97. The van der Waals surface area contributed by atoms with E-state index in [1.54, 1.807) is 0 Å². The number of aliphatic hydroxyl groups is 2. The molecule has 0 bridgehead atoms. The minimum atomic E-state index is -3.01. The van der Waals surface area contributed by atoms with Crippen molar-refractivity contribution in [1.82, 2.24) is 9.55 Å². The number of H-pyrrole nitrogens is 1. The number of aromatic nitrogens is 2. The zero-order valence-corrected chi connectivity index (χ0v) is 11.8. The average Bonchev–Trinajstić information content (AvgIpc) is 2.56. The normalized spacial score (nSPS) is 37.3.